The highest BCUT2D eigenvalue weighted by Crippen LogP contribution is 2.08. The molecule has 0 radical (unpaired) electrons. The minimum Gasteiger partial charge on any atom is -0.480 e. The number of amides is 1. The third kappa shape index (κ3) is 2.93. The Morgan fingerprint density at radius 3 is 2.83 bits per heavy atom. The van der Waals surface area contributed by atoms with Gasteiger partial charge in [-0.2, -0.15) is 0 Å². The lowest BCUT2D eigenvalue weighted by Crippen LogP contribution is -2.57. The molecule has 2 rings (SSSR count). The number of halogens is 1. The van der Waals surface area contributed by atoms with Crippen LogP contribution in [0.5, 0.6) is 0 Å². The molecule has 0 spiro atoms. The van der Waals surface area contributed by atoms with Crippen molar-refractivity contribution < 1.29 is 14.7 Å². The maximum atomic E-state index is 12.0. The average molecular weight is 273 g/mol. The number of aromatic nitrogens is 2. The number of carboxylic acids is 1. The fraction of sp³-hybridized carbons (Fsp3) is 0.400. The van der Waals surface area contributed by atoms with Crippen molar-refractivity contribution in [2.75, 3.05) is 19.6 Å². The average Bonchev–Trinajstić information content (AvgIpc) is 2.39. The molecule has 0 aromatic carbocycles. The van der Waals surface area contributed by atoms with Crippen LogP contribution in [0.15, 0.2) is 18.6 Å². The van der Waals surface area contributed by atoms with E-state index in [0.717, 1.165) is 0 Å². The van der Waals surface area contributed by atoms with E-state index in [2.05, 4.69) is 15.3 Å². The fourth-order valence-corrected chi connectivity index (χ4v) is 1.72. The summed E-state index contributed by atoms with van der Waals surface area (Å²) in [5, 5.41) is 12.0. The summed E-state index contributed by atoms with van der Waals surface area (Å²) < 4.78 is 0. The van der Waals surface area contributed by atoms with Crippen molar-refractivity contribution in [2.24, 2.45) is 0 Å². The van der Waals surface area contributed by atoms with E-state index in [1.807, 2.05) is 0 Å². The minimum absolute atomic E-state index is 0. The van der Waals surface area contributed by atoms with Crippen LogP contribution < -0.4 is 5.32 Å². The molecule has 1 saturated heterocycles. The highest BCUT2D eigenvalue weighted by atomic mass is 35.5. The maximum Gasteiger partial charge on any atom is 0.327 e. The molecule has 7 nitrogen and oxygen atoms in total. The van der Waals surface area contributed by atoms with Gasteiger partial charge in [0.25, 0.3) is 5.91 Å². The van der Waals surface area contributed by atoms with Gasteiger partial charge in [-0.05, 0) is 0 Å². The van der Waals surface area contributed by atoms with E-state index < -0.39 is 17.9 Å². The molecular weight excluding hydrogens is 260 g/mol. The van der Waals surface area contributed by atoms with Gasteiger partial charge in [0.2, 0.25) is 0 Å². The largest absolute Gasteiger partial charge is 0.480 e. The summed E-state index contributed by atoms with van der Waals surface area (Å²) in [4.78, 5) is 32.1. The zero-order valence-electron chi connectivity index (χ0n) is 9.44. The number of hydrogen-bond acceptors (Lipinski definition) is 5. The molecule has 1 unspecified atom stereocenters. The molecule has 98 valence electrons. The van der Waals surface area contributed by atoms with Crippen molar-refractivity contribution in [1.82, 2.24) is 20.2 Å². The number of carbonyl (C=O) groups is 2. The second kappa shape index (κ2) is 6.27. The molecule has 0 saturated carbocycles. The zero-order valence-corrected chi connectivity index (χ0v) is 10.3. The van der Waals surface area contributed by atoms with E-state index in [1.54, 1.807) is 0 Å². The number of carbonyl (C=O) groups excluding carboxylic acids is 1. The van der Waals surface area contributed by atoms with Crippen LogP contribution in [-0.2, 0) is 4.79 Å². The molecule has 0 aliphatic carbocycles. The van der Waals surface area contributed by atoms with Gasteiger partial charge in [0.15, 0.2) is 0 Å². The molecule has 1 fully saturated rings. The lowest BCUT2D eigenvalue weighted by molar-refractivity contribution is -0.142. The number of nitrogens with one attached hydrogen (secondary N) is 1. The molecule has 0 bridgehead atoms. The Kier molecular flexibility index (Phi) is 4.99. The first-order chi connectivity index (χ1) is 8.20. The number of hydrogen-bond donors (Lipinski definition) is 2. The Labute approximate surface area is 110 Å². The number of aliphatic carboxylic acids is 1. The molecule has 18 heavy (non-hydrogen) atoms. The number of rotatable bonds is 2. The predicted octanol–water partition coefficient (Wildman–Crippen LogP) is -0.603. The highest BCUT2D eigenvalue weighted by Gasteiger charge is 2.32. The molecule has 1 aliphatic rings. The quantitative estimate of drug-likeness (QED) is 0.746. The first-order valence-electron chi connectivity index (χ1n) is 5.20. The first-order valence-corrected chi connectivity index (χ1v) is 5.20. The SMILES string of the molecule is Cl.O=C(O)C1CNCCN1C(=O)c1cnccn1. The molecule has 1 aromatic rings. The first kappa shape index (κ1) is 14.3. The van der Waals surface area contributed by atoms with Crippen LogP contribution in [0.4, 0.5) is 0 Å². The summed E-state index contributed by atoms with van der Waals surface area (Å²) in [7, 11) is 0. The third-order valence-corrected chi connectivity index (χ3v) is 2.57. The molecule has 1 aromatic heterocycles. The van der Waals surface area contributed by atoms with Crippen LogP contribution in [0, 0.1) is 0 Å². The second-order valence-corrected chi connectivity index (χ2v) is 3.65. The Hall–Kier alpha value is -1.73. The normalized spacial score (nSPS) is 18.9. The molecule has 1 aliphatic heterocycles. The van der Waals surface area contributed by atoms with Crippen molar-refractivity contribution in [2.45, 2.75) is 6.04 Å². The van der Waals surface area contributed by atoms with E-state index in [4.69, 9.17) is 5.11 Å². The number of carboxylic acid groups (broad SMARTS) is 1. The maximum absolute atomic E-state index is 12.0. The van der Waals surface area contributed by atoms with Gasteiger partial charge < -0.3 is 15.3 Å². The topological polar surface area (TPSA) is 95.4 Å². The van der Waals surface area contributed by atoms with Crippen LogP contribution in [0.25, 0.3) is 0 Å². The van der Waals surface area contributed by atoms with E-state index >= 15 is 0 Å². The van der Waals surface area contributed by atoms with Crippen molar-refractivity contribution in [3.8, 4) is 0 Å². The summed E-state index contributed by atoms with van der Waals surface area (Å²) in [5.74, 6) is -1.42. The van der Waals surface area contributed by atoms with E-state index in [1.165, 1.54) is 23.5 Å². The van der Waals surface area contributed by atoms with E-state index in [9.17, 15) is 9.59 Å². The minimum atomic E-state index is -1.02. The van der Waals surface area contributed by atoms with Gasteiger partial charge in [0.1, 0.15) is 11.7 Å². The summed E-state index contributed by atoms with van der Waals surface area (Å²) in [6.45, 7) is 1.18. The summed E-state index contributed by atoms with van der Waals surface area (Å²) in [5.41, 5.74) is 0.167. The molecule has 2 heterocycles. The third-order valence-electron chi connectivity index (χ3n) is 2.57. The van der Waals surface area contributed by atoms with Gasteiger partial charge in [0, 0.05) is 32.0 Å². The van der Waals surface area contributed by atoms with Crippen LogP contribution in [-0.4, -0.2) is 57.5 Å². The van der Waals surface area contributed by atoms with Gasteiger partial charge in [-0.25, -0.2) is 9.78 Å². The van der Waals surface area contributed by atoms with Gasteiger partial charge in [0.05, 0.1) is 6.20 Å². The van der Waals surface area contributed by atoms with Crippen LogP contribution in [0.1, 0.15) is 10.5 Å². The van der Waals surface area contributed by atoms with Crippen LogP contribution in [0.3, 0.4) is 0 Å². The monoisotopic (exact) mass is 272 g/mol. The van der Waals surface area contributed by atoms with Gasteiger partial charge >= 0.3 is 5.97 Å². The van der Waals surface area contributed by atoms with E-state index in [0.29, 0.717) is 13.1 Å². The fourth-order valence-electron chi connectivity index (χ4n) is 1.72. The molecule has 1 atom stereocenters. The summed E-state index contributed by atoms with van der Waals surface area (Å²) in [6, 6.07) is -0.849. The Balaban J connectivity index is 0.00000162. The molecular formula is C10H13ClN4O3. The van der Waals surface area contributed by atoms with E-state index in [-0.39, 0.29) is 24.6 Å². The van der Waals surface area contributed by atoms with Gasteiger partial charge in [-0.1, -0.05) is 0 Å². The van der Waals surface area contributed by atoms with Crippen molar-refractivity contribution in [3.63, 3.8) is 0 Å². The Morgan fingerprint density at radius 1 is 1.44 bits per heavy atom. The molecule has 8 heteroatoms. The Bertz CT molecular complexity index is 428. The second-order valence-electron chi connectivity index (χ2n) is 3.65. The van der Waals surface area contributed by atoms with Gasteiger partial charge in [-0.15, -0.1) is 12.4 Å². The van der Waals surface area contributed by atoms with Crippen molar-refractivity contribution >= 4 is 24.3 Å². The van der Waals surface area contributed by atoms with Crippen molar-refractivity contribution in [3.05, 3.63) is 24.3 Å². The lowest BCUT2D eigenvalue weighted by Gasteiger charge is -2.33. The van der Waals surface area contributed by atoms with Gasteiger partial charge in [-0.3, -0.25) is 9.78 Å². The highest BCUT2D eigenvalue weighted by molar-refractivity contribution is 5.95. The lowest BCUT2D eigenvalue weighted by atomic mass is 10.2. The van der Waals surface area contributed by atoms with Crippen LogP contribution in [0.2, 0.25) is 0 Å². The summed E-state index contributed by atoms with van der Waals surface area (Å²) in [6.07, 6.45) is 4.21. The molecule has 2 N–H and O–H groups in total. The number of nitrogens with zero attached hydrogens (tertiary/aromatic N) is 3. The zero-order chi connectivity index (χ0) is 12.3. The predicted molar refractivity (Wildman–Crippen MR) is 64.6 cm³/mol. The number of piperazine rings is 1. The van der Waals surface area contributed by atoms with Crippen molar-refractivity contribution in [1.29, 1.82) is 0 Å². The Morgan fingerprint density at radius 2 is 2.22 bits per heavy atom. The molecule has 1 amide bonds. The van der Waals surface area contributed by atoms with Crippen LogP contribution >= 0.6 is 12.4 Å². The standard InChI is InChI=1S/C10H12N4O3.ClH/c15-9(7-5-11-1-2-13-7)14-4-3-12-6-8(14)10(16)17;/h1-2,5,8,12H,3-4,6H2,(H,16,17);1H. The summed E-state index contributed by atoms with van der Waals surface area (Å²) >= 11 is 0. The smallest absolute Gasteiger partial charge is 0.327 e.